The van der Waals surface area contributed by atoms with Gasteiger partial charge in [-0.05, 0) is 65.6 Å². The summed E-state index contributed by atoms with van der Waals surface area (Å²) in [7, 11) is 0. The number of ketones is 1. The highest BCUT2D eigenvalue weighted by Gasteiger charge is 2.39. The Morgan fingerprint density at radius 2 is 2.07 bits per heavy atom. The smallest absolute Gasteiger partial charge is 0.294 e. The predicted molar refractivity (Wildman–Crippen MR) is 106 cm³/mol. The lowest BCUT2D eigenvalue weighted by Gasteiger charge is -2.14. The first-order valence-electron chi connectivity index (χ1n) is 9.49. The highest BCUT2D eigenvalue weighted by Crippen LogP contribution is 2.37. The number of alkyl halides is 3. The number of aromatic nitrogens is 3. The van der Waals surface area contributed by atoms with Gasteiger partial charge in [-0.3, -0.25) is 4.79 Å². The Balaban J connectivity index is 1.54. The van der Waals surface area contributed by atoms with Crippen molar-refractivity contribution in [3.63, 3.8) is 0 Å². The molecule has 1 aliphatic rings. The molecule has 1 aliphatic carbocycles. The van der Waals surface area contributed by atoms with Crippen molar-refractivity contribution >= 4 is 27.4 Å². The molecule has 0 radical (unpaired) electrons. The molecule has 152 valence electrons. The van der Waals surface area contributed by atoms with Gasteiger partial charge >= 0.3 is 6.18 Å². The maximum atomic E-state index is 13.8. The van der Waals surface area contributed by atoms with Gasteiger partial charge in [0.2, 0.25) is 0 Å². The average molecular weight is 466 g/mol. The van der Waals surface area contributed by atoms with Gasteiger partial charge in [0.15, 0.2) is 17.1 Å². The third-order valence-corrected chi connectivity index (χ3v) is 6.46. The van der Waals surface area contributed by atoms with Crippen LogP contribution in [0.4, 0.5) is 13.2 Å². The van der Waals surface area contributed by atoms with Gasteiger partial charge in [0.05, 0.1) is 15.7 Å². The molecule has 2 aromatic heterocycles. The summed E-state index contributed by atoms with van der Waals surface area (Å²) in [6.07, 6.45) is -0.278. The van der Waals surface area contributed by atoms with Crippen LogP contribution >= 0.6 is 15.9 Å². The molecule has 1 atom stereocenters. The molecule has 1 aromatic carbocycles. The number of Topliss-reactive ketones (excluding diaryl/α,β-unsaturated/α-hetero) is 1. The van der Waals surface area contributed by atoms with Crippen LogP contribution in [0.5, 0.6) is 0 Å². The fourth-order valence-electron chi connectivity index (χ4n) is 4.13. The molecule has 2 heterocycles. The Morgan fingerprint density at radius 3 is 2.83 bits per heavy atom. The maximum Gasteiger partial charge on any atom is 0.434 e. The van der Waals surface area contributed by atoms with Gasteiger partial charge in [0, 0.05) is 12.6 Å². The first-order valence-corrected chi connectivity index (χ1v) is 10.3. The number of halogens is 4. The number of carbonyl (C=O) groups excluding carboxylic acids is 1. The molecule has 4 nitrogen and oxygen atoms in total. The lowest BCUT2D eigenvalue weighted by atomic mass is 9.94. The topological polar surface area (TPSA) is 47.3 Å². The second-order valence-electron chi connectivity index (χ2n) is 7.40. The summed E-state index contributed by atoms with van der Waals surface area (Å²) in [6.45, 7) is 1.58. The summed E-state index contributed by atoms with van der Waals surface area (Å²) < 4.78 is 42.4. The Hall–Kier alpha value is -2.22. The summed E-state index contributed by atoms with van der Waals surface area (Å²) in [6, 6.07) is 8.23. The van der Waals surface area contributed by atoms with Gasteiger partial charge in [-0.1, -0.05) is 24.3 Å². The van der Waals surface area contributed by atoms with E-state index in [-0.39, 0.29) is 12.1 Å². The van der Waals surface area contributed by atoms with E-state index in [1.165, 1.54) is 11.1 Å². The fourth-order valence-corrected chi connectivity index (χ4v) is 4.48. The largest absolute Gasteiger partial charge is 0.434 e. The number of hydrogen-bond donors (Lipinski definition) is 0. The van der Waals surface area contributed by atoms with Crippen molar-refractivity contribution in [1.82, 2.24) is 14.6 Å². The van der Waals surface area contributed by atoms with Crippen molar-refractivity contribution in [2.75, 3.05) is 0 Å². The summed E-state index contributed by atoms with van der Waals surface area (Å²) in [5.41, 5.74) is 1.58. The van der Waals surface area contributed by atoms with Crippen molar-refractivity contribution in [3.05, 3.63) is 63.0 Å². The van der Waals surface area contributed by atoms with Crippen LogP contribution in [0.15, 0.2) is 34.9 Å². The van der Waals surface area contributed by atoms with Crippen LogP contribution in [-0.2, 0) is 12.6 Å². The van der Waals surface area contributed by atoms with E-state index in [2.05, 4.69) is 38.1 Å². The quantitative estimate of drug-likeness (QED) is 0.440. The Labute approximate surface area is 174 Å². The SMILES string of the molecule is Cc1nn2c(C(F)(F)F)c(C(=O)CCCC3CCc4ccccc43)cnc2c1Br. The first kappa shape index (κ1) is 20.1. The van der Waals surface area contributed by atoms with Crippen LogP contribution in [0.3, 0.4) is 0 Å². The van der Waals surface area contributed by atoms with E-state index >= 15 is 0 Å². The zero-order chi connectivity index (χ0) is 20.8. The van der Waals surface area contributed by atoms with Crippen LogP contribution in [0, 0.1) is 6.92 Å². The van der Waals surface area contributed by atoms with E-state index in [4.69, 9.17) is 0 Å². The molecule has 3 aromatic rings. The van der Waals surface area contributed by atoms with Crippen molar-refractivity contribution in [1.29, 1.82) is 0 Å². The number of nitrogens with zero attached hydrogens (tertiary/aromatic N) is 3. The molecule has 0 spiro atoms. The Kier molecular flexibility index (Phi) is 5.23. The summed E-state index contributed by atoms with van der Waals surface area (Å²) in [5.74, 6) is -0.186. The van der Waals surface area contributed by atoms with Gasteiger partial charge < -0.3 is 0 Å². The van der Waals surface area contributed by atoms with Crippen LogP contribution < -0.4 is 0 Å². The number of carbonyl (C=O) groups is 1. The summed E-state index contributed by atoms with van der Waals surface area (Å²) in [4.78, 5) is 16.7. The normalized spacial score (nSPS) is 16.4. The number of aryl methyl sites for hydroxylation is 2. The van der Waals surface area contributed by atoms with Crippen molar-refractivity contribution in [2.45, 2.75) is 51.1 Å². The highest BCUT2D eigenvalue weighted by atomic mass is 79.9. The second kappa shape index (κ2) is 7.55. The fraction of sp³-hybridized carbons (Fsp3) is 0.381. The third kappa shape index (κ3) is 3.70. The molecule has 0 saturated heterocycles. The maximum absolute atomic E-state index is 13.8. The highest BCUT2D eigenvalue weighted by molar-refractivity contribution is 9.10. The molecule has 0 N–H and O–H groups in total. The molecule has 0 amide bonds. The van der Waals surface area contributed by atoms with Gasteiger partial charge in [-0.25, -0.2) is 9.50 Å². The van der Waals surface area contributed by atoms with Crippen LogP contribution in [0.1, 0.15) is 64.5 Å². The second-order valence-corrected chi connectivity index (χ2v) is 8.20. The molecule has 1 unspecified atom stereocenters. The van der Waals surface area contributed by atoms with E-state index in [9.17, 15) is 18.0 Å². The monoisotopic (exact) mass is 465 g/mol. The molecule has 8 heteroatoms. The Bertz CT molecular complexity index is 1090. The lowest BCUT2D eigenvalue weighted by Crippen LogP contribution is -2.20. The minimum absolute atomic E-state index is 0.0499. The summed E-state index contributed by atoms with van der Waals surface area (Å²) in [5, 5.41) is 3.93. The minimum atomic E-state index is -4.71. The van der Waals surface area contributed by atoms with Crippen molar-refractivity contribution in [3.8, 4) is 0 Å². The zero-order valence-electron chi connectivity index (χ0n) is 15.8. The lowest BCUT2D eigenvalue weighted by molar-refractivity contribution is -0.143. The molecular weight excluding hydrogens is 447 g/mol. The van der Waals surface area contributed by atoms with Gasteiger partial charge in [0.25, 0.3) is 0 Å². The molecule has 29 heavy (non-hydrogen) atoms. The number of benzene rings is 1. The van der Waals surface area contributed by atoms with E-state index in [1.807, 2.05) is 12.1 Å². The number of hydrogen-bond acceptors (Lipinski definition) is 3. The first-order chi connectivity index (χ1) is 13.8. The predicted octanol–water partition coefficient (Wildman–Crippen LogP) is 5.90. The molecule has 0 fully saturated rings. The van der Waals surface area contributed by atoms with Crippen molar-refractivity contribution in [2.24, 2.45) is 0 Å². The number of rotatable bonds is 5. The zero-order valence-corrected chi connectivity index (χ0v) is 17.3. The van der Waals surface area contributed by atoms with Gasteiger partial charge in [-0.15, -0.1) is 0 Å². The molecule has 0 bridgehead atoms. The molecule has 4 rings (SSSR count). The number of fused-ring (bicyclic) bond motifs is 2. The van der Waals surface area contributed by atoms with Crippen LogP contribution in [0.2, 0.25) is 0 Å². The van der Waals surface area contributed by atoms with Crippen LogP contribution in [0.25, 0.3) is 5.65 Å². The standard InChI is InChI=1S/C21H19BrF3N3O/c1-12-18(22)20-26-11-16(19(21(23,24)25)28(20)27-12)17(29)8-4-6-14-10-9-13-5-2-3-7-15(13)14/h2-3,5,7,11,14H,4,6,8-10H2,1H3. The van der Waals surface area contributed by atoms with Crippen LogP contribution in [-0.4, -0.2) is 20.4 Å². The van der Waals surface area contributed by atoms with Gasteiger partial charge in [-0.2, -0.15) is 18.3 Å². The Morgan fingerprint density at radius 1 is 1.31 bits per heavy atom. The molecule has 0 saturated carbocycles. The minimum Gasteiger partial charge on any atom is -0.294 e. The van der Waals surface area contributed by atoms with E-state index in [1.54, 1.807) is 6.92 Å². The average Bonchev–Trinajstić information content (AvgIpc) is 3.21. The van der Waals surface area contributed by atoms with Gasteiger partial charge in [0.1, 0.15) is 0 Å². The van der Waals surface area contributed by atoms with Crippen molar-refractivity contribution < 1.29 is 18.0 Å². The molecular formula is C21H19BrF3N3O. The summed E-state index contributed by atoms with van der Waals surface area (Å²) >= 11 is 3.21. The van der Waals surface area contributed by atoms with E-state index in [0.29, 0.717) is 22.5 Å². The van der Waals surface area contributed by atoms with E-state index in [0.717, 1.165) is 30.0 Å². The third-order valence-electron chi connectivity index (χ3n) is 5.53. The molecule has 0 aliphatic heterocycles. The van der Waals surface area contributed by atoms with E-state index < -0.39 is 23.2 Å².